The van der Waals surface area contributed by atoms with Crippen LogP contribution in [0.4, 0.5) is 5.69 Å². The minimum Gasteiger partial charge on any atom is -0.491 e. The van der Waals surface area contributed by atoms with E-state index in [0.29, 0.717) is 29.5 Å². The molecule has 1 aromatic carbocycles. The predicted molar refractivity (Wildman–Crippen MR) is 65.9 cm³/mol. The number of nitrogens with zero attached hydrogens (tertiary/aromatic N) is 1. The summed E-state index contributed by atoms with van der Waals surface area (Å²) in [7, 11) is 1.72. The Labute approximate surface area is 99.0 Å². The van der Waals surface area contributed by atoms with Crippen molar-refractivity contribution in [3.63, 3.8) is 0 Å². The first-order valence-electron chi connectivity index (χ1n) is 4.93. The van der Waals surface area contributed by atoms with Crippen molar-refractivity contribution >= 4 is 28.8 Å². The largest absolute Gasteiger partial charge is 0.491 e. The number of hydrogen-bond acceptors (Lipinski definition) is 3. The second-order valence-corrected chi connectivity index (χ2v) is 4.04. The van der Waals surface area contributed by atoms with E-state index in [-0.39, 0.29) is 5.91 Å². The molecule has 1 aliphatic rings. The van der Waals surface area contributed by atoms with Crippen LogP contribution in [0.1, 0.15) is 12.0 Å². The third-order valence-electron chi connectivity index (χ3n) is 2.55. The second kappa shape index (κ2) is 4.09. The molecule has 0 aromatic heterocycles. The quantitative estimate of drug-likeness (QED) is 0.741. The summed E-state index contributed by atoms with van der Waals surface area (Å²) in [5.74, 6) is 0.715. The number of amides is 1. The van der Waals surface area contributed by atoms with Gasteiger partial charge in [0.25, 0.3) is 0 Å². The molecule has 0 spiro atoms. The minimum absolute atomic E-state index is 0.0267. The van der Waals surface area contributed by atoms with Crippen LogP contribution >= 0.6 is 12.2 Å². The van der Waals surface area contributed by atoms with E-state index < -0.39 is 0 Å². The van der Waals surface area contributed by atoms with Gasteiger partial charge < -0.3 is 15.4 Å². The third-order valence-corrected chi connectivity index (χ3v) is 2.79. The topological polar surface area (TPSA) is 55.6 Å². The van der Waals surface area contributed by atoms with Crippen LogP contribution in [0.5, 0.6) is 5.75 Å². The van der Waals surface area contributed by atoms with E-state index in [4.69, 9.17) is 22.7 Å². The van der Waals surface area contributed by atoms with E-state index in [9.17, 15) is 4.79 Å². The summed E-state index contributed by atoms with van der Waals surface area (Å²) in [5.41, 5.74) is 7.00. The molecule has 0 radical (unpaired) electrons. The molecule has 5 heteroatoms. The van der Waals surface area contributed by atoms with Crippen LogP contribution in [0.15, 0.2) is 18.2 Å². The van der Waals surface area contributed by atoms with Gasteiger partial charge in [-0.3, -0.25) is 4.79 Å². The fourth-order valence-electron chi connectivity index (χ4n) is 1.61. The molecular formula is C11H12N2O2S. The van der Waals surface area contributed by atoms with Gasteiger partial charge in [-0.2, -0.15) is 0 Å². The van der Waals surface area contributed by atoms with Crippen LogP contribution in [-0.4, -0.2) is 24.6 Å². The monoisotopic (exact) mass is 236 g/mol. The molecule has 0 saturated carbocycles. The van der Waals surface area contributed by atoms with Crippen LogP contribution < -0.4 is 15.4 Å². The Balaban J connectivity index is 2.50. The SMILES string of the molecule is CN1C(=O)CCOc2ccc(C(N)=S)cc21. The van der Waals surface area contributed by atoms with Gasteiger partial charge in [0.15, 0.2) is 0 Å². The number of ether oxygens (including phenoxy) is 1. The summed E-state index contributed by atoms with van der Waals surface area (Å²) in [6.07, 6.45) is 0.383. The van der Waals surface area contributed by atoms with E-state index in [1.807, 2.05) is 0 Å². The first-order valence-corrected chi connectivity index (χ1v) is 5.33. The average Bonchev–Trinajstić information content (AvgIpc) is 2.40. The van der Waals surface area contributed by atoms with E-state index in [1.54, 1.807) is 30.1 Å². The van der Waals surface area contributed by atoms with Crippen molar-refractivity contribution in [2.45, 2.75) is 6.42 Å². The lowest BCUT2D eigenvalue weighted by atomic mass is 10.1. The Bertz CT molecular complexity index is 459. The number of carbonyl (C=O) groups is 1. The highest BCUT2D eigenvalue weighted by atomic mass is 32.1. The summed E-state index contributed by atoms with van der Waals surface area (Å²) < 4.78 is 5.48. The van der Waals surface area contributed by atoms with Gasteiger partial charge >= 0.3 is 0 Å². The van der Waals surface area contributed by atoms with Crippen molar-refractivity contribution in [1.29, 1.82) is 0 Å². The van der Waals surface area contributed by atoms with E-state index in [2.05, 4.69) is 0 Å². The first kappa shape index (κ1) is 10.9. The smallest absolute Gasteiger partial charge is 0.230 e. The maximum absolute atomic E-state index is 11.6. The van der Waals surface area contributed by atoms with E-state index >= 15 is 0 Å². The number of nitrogens with two attached hydrogens (primary N) is 1. The molecule has 2 rings (SSSR count). The van der Waals surface area contributed by atoms with Gasteiger partial charge in [0.2, 0.25) is 5.91 Å². The highest BCUT2D eigenvalue weighted by Gasteiger charge is 2.20. The Morgan fingerprint density at radius 1 is 1.56 bits per heavy atom. The molecule has 0 fully saturated rings. The van der Waals surface area contributed by atoms with Crippen LogP contribution in [0.3, 0.4) is 0 Å². The van der Waals surface area contributed by atoms with Crippen molar-refractivity contribution in [1.82, 2.24) is 0 Å². The van der Waals surface area contributed by atoms with Crippen molar-refractivity contribution in [2.75, 3.05) is 18.6 Å². The molecule has 16 heavy (non-hydrogen) atoms. The summed E-state index contributed by atoms with van der Waals surface area (Å²) in [6, 6.07) is 5.37. The zero-order valence-electron chi connectivity index (χ0n) is 8.90. The van der Waals surface area contributed by atoms with Crippen LogP contribution in [-0.2, 0) is 4.79 Å². The number of thiocarbonyl (C=S) groups is 1. The number of benzene rings is 1. The number of anilines is 1. The molecular weight excluding hydrogens is 224 g/mol. The lowest BCUT2D eigenvalue weighted by molar-refractivity contribution is -0.118. The van der Waals surface area contributed by atoms with Gasteiger partial charge in [-0.25, -0.2) is 0 Å². The molecule has 1 aromatic rings. The standard InChI is InChI=1S/C11H12N2O2S/c1-13-8-6-7(11(12)16)2-3-9(8)15-5-4-10(13)14/h2-3,6H,4-5H2,1H3,(H2,12,16). The van der Waals surface area contributed by atoms with Crippen LogP contribution in [0.25, 0.3) is 0 Å². The highest BCUT2D eigenvalue weighted by molar-refractivity contribution is 7.80. The van der Waals surface area contributed by atoms with Crippen LogP contribution in [0, 0.1) is 0 Å². The van der Waals surface area contributed by atoms with E-state index in [1.165, 1.54) is 0 Å². The summed E-state index contributed by atoms with van der Waals surface area (Å²) in [5, 5.41) is 0. The molecule has 1 heterocycles. The predicted octanol–water partition coefficient (Wildman–Crippen LogP) is 1.07. The lowest BCUT2D eigenvalue weighted by Crippen LogP contribution is -2.25. The number of carbonyl (C=O) groups excluding carboxylic acids is 1. The molecule has 0 aliphatic carbocycles. The fourth-order valence-corrected chi connectivity index (χ4v) is 1.73. The molecule has 0 saturated heterocycles. The van der Waals surface area contributed by atoms with Gasteiger partial charge in [-0.15, -0.1) is 0 Å². The maximum Gasteiger partial charge on any atom is 0.230 e. The highest BCUT2D eigenvalue weighted by Crippen LogP contribution is 2.31. The zero-order chi connectivity index (χ0) is 11.7. The summed E-state index contributed by atoms with van der Waals surface area (Å²) in [6.45, 7) is 0.405. The Morgan fingerprint density at radius 2 is 2.31 bits per heavy atom. The average molecular weight is 236 g/mol. The van der Waals surface area contributed by atoms with Gasteiger partial charge in [-0.05, 0) is 18.2 Å². The molecule has 0 atom stereocenters. The summed E-state index contributed by atoms with van der Waals surface area (Å²) in [4.78, 5) is 13.5. The molecule has 1 aliphatic heterocycles. The second-order valence-electron chi connectivity index (χ2n) is 3.60. The maximum atomic E-state index is 11.6. The Kier molecular flexibility index (Phi) is 2.78. The number of hydrogen-bond donors (Lipinski definition) is 1. The Hall–Kier alpha value is -1.62. The first-order chi connectivity index (χ1) is 7.59. The molecule has 1 amide bonds. The van der Waals surface area contributed by atoms with Crippen molar-refractivity contribution in [3.05, 3.63) is 23.8 Å². The molecule has 4 nitrogen and oxygen atoms in total. The molecule has 0 unspecified atom stereocenters. The lowest BCUT2D eigenvalue weighted by Gasteiger charge is -2.17. The fraction of sp³-hybridized carbons (Fsp3) is 0.273. The van der Waals surface area contributed by atoms with Gasteiger partial charge in [0, 0.05) is 12.6 Å². The zero-order valence-corrected chi connectivity index (χ0v) is 9.71. The van der Waals surface area contributed by atoms with Crippen molar-refractivity contribution in [2.24, 2.45) is 5.73 Å². The van der Waals surface area contributed by atoms with Gasteiger partial charge in [0.05, 0.1) is 18.7 Å². The van der Waals surface area contributed by atoms with Crippen molar-refractivity contribution in [3.8, 4) is 5.75 Å². The minimum atomic E-state index is 0.0267. The number of rotatable bonds is 1. The van der Waals surface area contributed by atoms with Gasteiger partial charge in [0.1, 0.15) is 10.7 Å². The normalized spacial score (nSPS) is 15.1. The summed E-state index contributed by atoms with van der Waals surface area (Å²) >= 11 is 4.90. The number of fused-ring (bicyclic) bond motifs is 1. The molecule has 0 bridgehead atoms. The van der Waals surface area contributed by atoms with Crippen molar-refractivity contribution < 1.29 is 9.53 Å². The molecule has 2 N–H and O–H groups in total. The Morgan fingerprint density at radius 3 is 3.00 bits per heavy atom. The van der Waals surface area contributed by atoms with Crippen LogP contribution in [0.2, 0.25) is 0 Å². The van der Waals surface area contributed by atoms with E-state index in [0.717, 1.165) is 5.56 Å². The third kappa shape index (κ3) is 1.86. The molecule has 84 valence electrons. The van der Waals surface area contributed by atoms with Gasteiger partial charge in [-0.1, -0.05) is 12.2 Å².